The van der Waals surface area contributed by atoms with Crippen molar-refractivity contribution in [1.29, 1.82) is 5.26 Å². The van der Waals surface area contributed by atoms with Gasteiger partial charge in [-0.25, -0.2) is 4.98 Å². The van der Waals surface area contributed by atoms with Gasteiger partial charge in [-0.3, -0.25) is 19.6 Å². The lowest BCUT2D eigenvalue weighted by atomic mass is 9.84. The number of amides is 2. The summed E-state index contributed by atoms with van der Waals surface area (Å²) < 4.78 is 37.6. The summed E-state index contributed by atoms with van der Waals surface area (Å²) in [5.74, 6) is 0.996. The number of anilines is 1. The first kappa shape index (κ1) is 35.2. The van der Waals surface area contributed by atoms with E-state index < -0.39 is 17.9 Å². The molecular weight excluding hydrogens is 583 g/mol. The molecule has 2 amide bonds. The van der Waals surface area contributed by atoms with Crippen molar-refractivity contribution < 1.29 is 22.8 Å². The molecule has 3 heterocycles. The highest BCUT2D eigenvalue weighted by atomic mass is 35.5. The number of aromatic nitrogens is 3. The van der Waals surface area contributed by atoms with Crippen LogP contribution in [0.4, 0.5) is 19.0 Å². The molecule has 1 fully saturated rings. The first-order valence-electron chi connectivity index (χ1n) is 13.6. The molecular formula is C30H37ClF3N7O2. The number of hydrogen-bond donors (Lipinski definition) is 2. The number of alkyl halides is 3. The van der Waals surface area contributed by atoms with Gasteiger partial charge >= 0.3 is 6.18 Å². The Morgan fingerprint density at radius 1 is 1.21 bits per heavy atom. The van der Waals surface area contributed by atoms with Gasteiger partial charge in [0.15, 0.2) is 5.69 Å². The number of nitriles is 1. The molecule has 1 saturated heterocycles. The van der Waals surface area contributed by atoms with Crippen molar-refractivity contribution >= 4 is 40.5 Å². The number of carbonyl (C=O) groups excluding carboxylic acids is 2. The third-order valence-corrected chi connectivity index (χ3v) is 6.88. The van der Waals surface area contributed by atoms with E-state index in [1.54, 1.807) is 23.4 Å². The second-order valence-electron chi connectivity index (χ2n) is 11.5. The average Bonchev–Trinajstić information content (AvgIpc) is 3.22. The normalized spacial score (nSPS) is 16.2. The molecule has 1 aromatic carbocycles. The lowest BCUT2D eigenvalue weighted by molar-refractivity contribution is -0.141. The van der Waals surface area contributed by atoms with E-state index in [1.165, 1.54) is 6.20 Å². The SMILES string of the molecule is CC(C)C.CC1CN(C(=O)CNc2cncc(C(F)(F)F)n2)CC1(C)C.N#CC(NC=O)c1cncc2cccc(Cl)c12. The quantitative estimate of drug-likeness (QED) is 0.312. The fraction of sp³-hybridized carbons (Fsp3) is 0.467. The average molecular weight is 620 g/mol. The summed E-state index contributed by atoms with van der Waals surface area (Å²) >= 11 is 6.11. The summed E-state index contributed by atoms with van der Waals surface area (Å²) in [6.45, 7) is 14.0. The van der Waals surface area contributed by atoms with Gasteiger partial charge in [-0.1, -0.05) is 65.3 Å². The smallest absolute Gasteiger partial charge is 0.360 e. The topological polar surface area (TPSA) is 124 Å². The van der Waals surface area contributed by atoms with Crippen molar-refractivity contribution in [3.63, 3.8) is 0 Å². The molecule has 1 aliphatic heterocycles. The Bertz CT molecular complexity index is 1420. The standard InChI is InChI=1S/C14H19F3N4O.C12H8ClN3O.C4H10/c1-9-7-21(8-13(9,2)3)12(22)6-19-11-5-18-4-10(20-11)14(15,16)17;13-10-3-1-2-8-5-15-6-9(12(8)10)11(4-14)16-7-17;1-4(2)3/h4-5,9H,6-8H2,1-3H3,(H,19,20);1-3,5-7,11H,(H,16,17);4H,1-3H3. The van der Waals surface area contributed by atoms with E-state index >= 15 is 0 Å². The van der Waals surface area contributed by atoms with Crippen molar-refractivity contribution in [3.8, 4) is 6.07 Å². The number of nitrogens with zero attached hydrogens (tertiary/aromatic N) is 5. The molecule has 0 spiro atoms. The van der Waals surface area contributed by atoms with Crippen LogP contribution in [0.5, 0.6) is 0 Å². The van der Waals surface area contributed by atoms with Gasteiger partial charge in [0.05, 0.1) is 25.0 Å². The van der Waals surface area contributed by atoms with Crippen LogP contribution in [0.25, 0.3) is 10.8 Å². The van der Waals surface area contributed by atoms with Crippen LogP contribution in [0.2, 0.25) is 5.02 Å². The number of carbonyl (C=O) groups is 2. The van der Waals surface area contributed by atoms with Crippen LogP contribution in [0.15, 0.2) is 43.0 Å². The van der Waals surface area contributed by atoms with Crippen LogP contribution in [0, 0.1) is 28.6 Å². The van der Waals surface area contributed by atoms with Crippen molar-refractivity contribution in [2.75, 3.05) is 25.0 Å². The van der Waals surface area contributed by atoms with Gasteiger partial charge in [0.25, 0.3) is 0 Å². The molecule has 2 N–H and O–H groups in total. The van der Waals surface area contributed by atoms with Crippen LogP contribution >= 0.6 is 11.6 Å². The number of rotatable bonds is 6. The van der Waals surface area contributed by atoms with E-state index in [-0.39, 0.29) is 23.7 Å². The van der Waals surface area contributed by atoms with Crippen molar-refractivity contribution in [1.82, 2.24) is 25.2 Å². The molecule has 0 aliphatic carbocycles. The minimum absolute atomic E-state index is 0.0473. The lowest BCUT2D eigenvalue weighted by Gasteiger charge is -2.22. The van der Waals surface area contributed by atoms with Crippen LogP contribution in [0.1, 0.15) is 58.8 Å². The van der Waals surface area contributed by atoms with Gasteiger partial charge in [0, 0.05) is 46.8 Å². The fourth-order valence-corrected chi connectivity index (χ4v) is 4.34. The third kappa shape index (κ3) is 10.4. The molecule has 0 bridgehead atoms. The van der Waals surface area contributed by atoms with Gasteiger partial charge in [0.1, 0.15) is 11.9 Å². The molecule has 13 heteroatoms. The minimum atomic E-state index is -4.55. The number of benzene rings is 1. The first-order chi connectivity index (χ1) is 20.1. The number of hydrogen-bond acceptors (Lipinski definition) is 7. The Morgan fingerprint density at radius 2 is 1.86 bits per heavy atom. The van der Waals surface area contributed by atoms with Gasteiger partial charge < -0.3 is 15.5 Å². The zero-order valence-electron chi connectivity index (χ0n) is 25.0. The number of halogens is 4. The van der Waals surface area contributed by atoms with Crippen molar-refractivity contribution in [2.24, 2.45) is 17.3 Å². The Hall–Kier alpha value is -3.98. The molecule has 9 nitrogen and oxygen atoms in total. The minimum Gasteiger partial charge on any atom is -0.360 e. The molecule has 232 valence electrons. The maximum atomic E-state index is 12.5. The Kier molecular flexibility index (Phi) is 12.7. The monoisotopic (exact) mass is 619 g/mol. The van der Waals surface area contributed by atoms with Gasteiger partial charge in [-0.2, -0.15) is 18.4 Å². The van der Waals surface area contributed by atoms with Gasteiger partial charge in [0.2, 0.25) is 12.3 Å². The van der Waals surface area contributed by atoms with E-state index in [0.29, 0.717) is 42.2 Å². The molecule has 0 saturated carbocycles. The first-order valence-corrected chi connectivity index (χ1v) is 14.0. The number of fused-ring (bicyclic) bond motifs is 1. The summed E-state index contributed by atoms with van der Waals surface area (Å²) in [7, 11) is 0. The molecule has 4 rings (SSSR count). The highest BCUT2D eigenvalue weighted by molar-refractivity contribution is 6.35. The predicted octanol–water partition coefficient (Wildman–Crippen LogP) is 6.27. The molecule has 43 heavy (non-hydrogen) atoms. The molecule has 3 aromatic rings. The lowest BCUT2D eigenvalue weighted by Crippen LogP contribution is -2.35. The van der Waals surface area contributed by atoms with Crippen molar-refractivity contribution in [3.05, 3.63) is 59.3 Å². The highest BCUT2D eigenvalue weighted by Crippen LogP contribution is 2.34. The molecule has 2 unspecified atom stereocenters. The van der Waals surface area contributed by atoms with E-state index in [9.17, 15) is 22.8 Å². The molecule has 0 radical (unpaired) electrons. The van der Waals surface area contributed by atoms with Crippen LogP contribution in [-0.2, 0) is 15.8 Å². The maximum absolute atomic E-state index is 12.5. The Morgan fingerprint density at radius 3 is 2.42 bits per heavy atom. The second kappa shape index (κ2) is 15.5. The Labute approximate surface area is 254 Å². The second-order valence-corrected chi connectivity index (χ2v) is 11.9. The zero-order chi connectivity index (χ0) is 32.4. The van der Waals surface area contributed by atoms with Crippen LogP contribution in [-0.4, -0.2) is 51.8 Å². The number of nitrogens with one attached hydrogen (secondary N) is 2. The third-order valence-electron chi connectivity index (χ3n) is 6.56. The molecule has 2 aromatic heterocycles. The summed E-state index contributed by atoms with van der Waals surface area (Å²) in [5.41, 5.74) is -0.436. The van der Waals surface area contributed by atoms with Crippen LogP contribution in [0.3, 0.4) is 0 Å². The highest BCUT2D eigenvalue weighted by Gasteiger charge is 2.38. The molecule has 2 atom stereocenters. The maximum Gasteiger partial charge on any atom is 0.434 e. The molecule has 1 aliphatic rings. The summed E-state index contributed by atoms with van der Waals surface area (Å²) in [5, 5.41) is 16.2. The van der Waals surface area contributed by atoms with Gasteiger partial charge in [-0.05, 0) is 23.3 Å². The van der Waals surface area contributed by atoms with Crippen LogP contribution < -0.4 is 10.6 Å². The summed E-state index contributed by atoms with van der Waals surface area (Å²) in [6, 6.07) is 6.65. The largest absolute Gasteiger partial charge is 0.434 e. The summed E-state index contributed by atoms with van der Waals surface area (Å²) in [6.07, 6.45) is 0.960. The van der Waals surface area contributed by atoms with E-state index in [2.05, 4.69) is 67.1 Å². The van der Waals surface area contributed by atoms with E-state index in [4.69, 9.17) is 16.9 Å². The van der Waals surface area contributed by atoms with Gasteiger partial charge in [-0.15, -0.1) is 0 Å². The zero-order valence-corrected chi connectivity index (χ0v) is 25.8. The van der Waals surface area contributed by atoms with E-state index in [1.807, 2.05) is 18.2 Å². The number of likely N-dealkylation sites (tertiary alicyclic amines) is 1. The summed E-state index contributed by atoms with van der Waals surface area (Å²) in [4.78, 5) is 35.2. The predicted molar refractivity (Wildman–Crippen MR) is 160 cm³/mol. The van der Waals surface area contributed by atoms with E-state index in [0.717, 1.165) is 16.7 Å². The number of pyridine rings is 1. The fourth-order valence-electron chi connectivity index (χ4n) is 4.04. The Balaban J connectivity index is 0.000000273. The van der Waals surface area contributed by atoms with Crippen molar-refractivity contribution in [2.45, 2.75) is 53.8 Å².